The van der Waals surface area contributed by atoms with E-state index in [0.717, 1.165) is 5.56 Å². The molecule has 0 aliphatic carbocycles. The lowest BCUT2D eigenvalue weighted by molar-refractivity contribution is -0.142. The van der Waals surface area contributed by atoms with E-state index in [9.17, 15) is 19.2 Å². The Morgan fingerprint density at radius 1 is 1.15 bits per heavy atom. The van der Waals surface area contributed by atoms with Gasteiger partial charge in [-0.3, -0.25) is 9.59 Å². The molecule has 0 spiro atoms. The molecule has 1 aromatic carbocycles. The van der Waals surface area contributed by atoms with Gasteiger partial charge in [-0.2, -0.15) is 0 Å². The molecular weight excluding hydrogens is 408 g/mol. The van der Waals surface area contributed by atoms with Gasteiger partial charge in [0, 0.05) is 6.42 Å². The van der Waals surface area contributed by atoms with Gasteiger partial charge in [0.2, 0.25) is 5.91 Å². The molecule has 2 atom stereocenters. The fraction of sp³-hybridized carbons (Fsp3) is 0.412. The van der Waals surface area contributed by atoms with Gasteiger partial charge < -0.3 is 20.5 Å². The summed E-state index contributed by atoms with van der Waals surface area (Å²) in [5.41, 5.74) is 0.794. The third kappa shape index (κ3) is 8.11. The van der Waals surface area contributed by atoms with Gasteiger partial charge in [0.05, 0.1) is 5.33 Å². The second-order valence-corrected chi connectivity index (χ2v) is 6.10. The van der Waals surface area contributed by atoms with Crippen molar-refractivity contribution in [1.82, 2.24) is 10.6 Å². The van der Waals surface area contributed by atoms with Crippen molar-refractivity contribution in [2.45, 2.75) is 38.5 Å². The van der Waals surface area contributed by atoms with Crippen molar-refractivity contribution in [2.75, 3.05) is 5.33 Å². The molecule has 9 heteroatoms. The van der Waals surface area contributed by atoms with E-state index in [1.807, 2.05) is 6.07 Å². The standard InChI is InChI=1S/C17H21BrN2O6/c1-11(19-17(25)26-10-12-5-3-2-4-6-12)15(22)20-14(16(23)24)8-7-13(21)9-18/h2-6,11,14H,7-10H2,1H3,(H,19,25)(H,20,22)(H,23,24)/t11-,14-/m0/s1. The monoisotopic (exact) mass is 428 g/mol. The third-order valence-electron chi connectivity index (χ3n) is 3.42. The molecule has 142 valence electrons. The van der Waals surface area contributed by atoms with E-state index < -0.39 is 30.1 Å². The first-order chi connectivity index (χ1) is 12.3. The number of ketones is 1. The number of hydrogen-bond acceptors (Lipinski definition) is 5. The first-order valence-electron chi connectivity index (χ1n) is 7.91. The van der Waals surface area contributed by atoms with Crippen LogP contribution in [0.15, 0.2) is 30.3 Å². The van der Waals surface area contributed by atoms with Crippen LogP contribution in [0.25, 0.3) is 0 Å². The van der Waals surface area contributed by atoms with Gasteiger partial charge in [-0.15, -0.1) is 0 Å². The average molecular weight is 429 g/mol. The lowest BCUT2D eigenvalue weighted by Gasteiger charge is -2.18. The SMILES string of the molecule is C[C@H](NC(=O)OCc1ccccc1)C(=O)N[C@@H](CCC(=O)CBr)C(=O)O. The van der Waals surface area contributed by atoms with E-state index in [4.69, 9.17) is 9.84 Å². The van der Waals surface area contributed by atoms with E-state index in [1.54, 1.807) is 24.3 Å². The maximum atomic E-state index is 12.0. The summed E-state index contributed by atoms with van der Waals surface area (Å²) >= 11 is 2.99. The summed E-state index contributed by atoms with van der Waals surface area (Å²) in [6, 6.07) is 6.81. The predicted molar refractivity (Wildman–Crippen MR) is 96.8 cm³/mol. The van der Waals surface area contributed by atoms with Gasteiger partial charge in [-0.05, 0) is 18.9 Å². The number of nitrogens with one attached hydrogen (secondary N) is 2. The first-order valence-corrected chi connectivity index (χ1v) is 9.03. The molecule has 1 aromatic rings. The summed E-state index contributed by atoms with van der Waals surface area (Å²) in [6.45, 7) is 1.45. The highest BCUT2D eigenvalue weighted by atomic mass is 79.9. The molecule has 3 N–H and O–H groups in total. The number of carbonyl (C=O) groups is 4. The highest BCUT2D eigenvalue weighted by Gasteiger charge is 2.24. The van der Waals surface area contributed by atoms with Crippen molar-refractivity contribution >= 4 is 39.7 Å². The summed E-state index contributed by atoms with van der Waals surface area (Å²) in [4.78, 5) is 46.2. The highest BCUT2D eigenvalue weighted by Crippen LogP contribution is 2.03. The van der Waals surface area contributed by atoms with Crippen molar-refractivity contribution in [3.8, 4) is 0 Å². The minimum atomic E-state index is -1.25. The molecule has 0 saturated carbocycles. The number of carboxylic acids is 1. The summed E-state index contributed by atoms with van der Waals surface area (Å²) in [7, 11) is 0. The fourth-order valence-electron chi connectivity index (χ4n) is 1.93. The quantitative estimate of drug-likeness (QED) is 0.486. The minimum Gasteiger partial charge on any atom is -0.480 e. The maximum Gasteiger partial charge on any atom is 0.408 e. The van der Waals surface area contributed by atoms with Crippen LogP contribution in [-0.2, 0) is 25.7 Å². The number of rotatable bonds is 10. The molecule has 0 fully saturated rings. The summed E-state index contributed by atoms with van der Waals surface area (Å²) in [6.07, 6.45) is -0.807. The number of aliphatic carboxylic acids is 1. The third-order valence-corrected chi connectivity index (χ3v) is 4.04. The molecule has 26 heavy (non-hydrogen) atoms. The Bertz CT molecular complexity index is 637. The number of carboxylic acid groups (broad SMARTS) is 1. The van der Waals surface area contributed by atoms with Crippen LogP contribution < -0.4 is 10.6 Å². The number of halogens is 1. The Hall–Kier alpha value is -2.42. The van der Waals surface area contributed by atoms with Gasteiger partial charge in [0.25, 0.3) is 0 Å². The van der Waals surface area contributed by atoms with Crippen molar-refractivity contribution in [3.05, 3.63) is 35.9 Å². The van der Waals surface area contributed by atoms with E-state index in [2.05, 4.69) is 26.6 Å². The van der Waals surface area contributed by atoms with E-state index >= 15 is 0 Å². The largest absolute Gasteiger partial charge is 0.480 e. The molecule has 0 aromatic heterocycles. The number of alkyl halides is 1. The van der Waals surface area contributed by atoms with Crippen LogP contribution in [-0.4, -0.2) is 46.3 Å². The van der Waals surface area contributed by atoms with E-state index in [1.165, 1.54) is 6.92 Å². The smallest absolute Gasteiger partial charge is 0.408 e. The van der Waals surface area contributed by atoms with Crippen LogP contribution in [0.4, 0.5) is 4.79 Å². The van der Waals surface area contributed by atoms with Gasteiger partial charge >= 0.3 is 12.1 Å². The number of benzene rings is 1. The number of ether oxygens (including phenoxy) is 1. The lowest BCUT2D eigenvalue weighted by Crippen LogP contribution is -2.50. The molecule has 2 amide bonds. The summed E-state index contributed by atoms with van der Waals surface area (Å²) in [5.74, 6) is -2.10. The zero-order valence-electron chi connectivity index (χ0n) is 14.2. The van der Waals surface area contributed by atoms with Crippen LogP contribution in [0, 0.1) is 0 Å². The van der Waals surface area contributed by atoms with Crippen LogP contribution >= 0.6 is 15.9 Å². The van der Waals surface area contributed by atoms with Crippen LogP contribution in [0.3, 0.4) is 0 Å². The molecule has 0 saturated heterocycles. The second-order valence-electron chi connectivity index (χ2n) is 5.54. The van der Waals surface area contributed by atoms with Crippen molar-refractivity contribution in [2.24, 2.45) is 0 Å². The molecule has 0 aliphatic heterocycles. The number of alkyl carbamates (subject to hydrolysis) is 1. The molecule has 0 radical (unpaired) electrons. The van der Waals surface area contributed by atoms with Crippen LogP contribution in [0.5, 0.6) is 0 Å². The molecule has 0 bridgehead atoms. The molecule has 0 aliphatic rings. The minimum absolute atomic E-state index is 0.0173. The Labute approximate surface area is 159 Å². The van der Waals surface area contributed by atoms with E-state index in [0.29, 0.717) is 0 Å². The topological polar surface area (TPSA) is 122 Å². The maximum absolute atomic E-state index is 12.0. The fourth-order valence-corrected chi connectivity index (χ4v) is 2.21. The molecule has 0 unspecified atom stereocenters. The van der Waals surface area contributed by atoms with E-state index in [-0.39, 0.29) is 30.6 Å². The Kier molecular flexibility index (Phi) is 9.35. The number of amides is 2. The average Bonchev–Trinajstić information content (AvgIpc) is 2.63. The summed E-state index contributed by atoms with van der Waals surface area (Å²) < 4.78 is 5.00. The highest BCUT2D eigenvalue weighted by molar-refractivity contribution is 9.09. The van der Waals surface area contributed by atoms with Gasteiger partial charge in [0.15, 0.2) is 0 Å². The Morgan fingerprint density at radius 3 is 2.38 bits per heavy atom. The zero-order valence-corrected chi connectivity index (χ0v) is 15.8. The zero-order chi connectivity index (χ0) is 19.5. The predicted octanol–water partition coefficient (Wildman–Crippen LogP) is 1.61. The van der Waals surface area contributed by atoms with Gasteiger partial charge in [0.1, 0.15) is 24.5 Å². The Balaban J connectivity index is 2.44. The number of carbonyl (C=O) groups excluding carboxylic acids is 3. The van der Waals surface area contributed by atoms with Crippen LogP contribution in [0.2, 0.25) is 0 Å². The molecular formula is C17H21BrN2O6. The van der Waals surface area contributed by atoms with Gasteiger partial charge in [-0.1, -0.05) is 46.3 Å². The van der Waals surface area contributed by atoms with Crippen molar-refractivity contribution in [3.63, 3.8) is 0 Å². The molecule has 1 rings (SSSR count). The van der Waals surface area contributed by atoms with Crippen molar-refractivity contribution in [1.29, 1.82) is 0 Å². The lowest BCUT2D eigenvalue weighted by atomic mass is 10.1. The van der Waals surface area contributed by atoms with Gasteiger partial charge in [-0.25, -0.2) is 9.59 Å². The molecule has 0 heterocycles. The van der Waals surface area contributed by atoms with Crippen molar-refractivity contribution < 1.29 is 29.0 Å². The Morgan fingerprint density at radius 2 is 1.81 bits per heavy atom. The van der Waals surface area contributed by atoms with Crippen LogP contribution in [0.1, 0.15) is 25.3 Å². The number of hydrogen-bond donors (Lipinski definition) is 3. The normalized spacial score (nSPS) is 12.5. The first kappa shape index (κ1) is 21.6. The number of Topliss-reactive ketones (excluding diaryl/α,β-unsaturated/α-hetero) is 1. The molecule has 8 nitrogen and oxygen atoms in total. The summed E-state index contributed by atoms with van der Waals surface area (Å²) in [5, 5.41) is 13.9. The second kappa shape index (κ2) is 11.2.